The first-order valence-corrected chi connectivity index (χ1v) is 10.6. The van der Waals surface area contributed by atoms with E-state index < -0.39 is 0 Å². The molecule has 0 radical (unpaired) electrons. The van der Waals surface area contributed by atoms with Crippen LogP contribution in [-0.2, 0) is 0 Å². The van der Waals surface area contributed by atoms with Crippen LogP contribution in [0.2, 0.25) is 0 Å². The highest BCUT2D eigenvalue weighted by Crippen LogP contribution is 2.34. The molecule has 0 saturated carbocycles. The van der Waals surface area contributed by atoms with Gasteiger partial charge in [-0.25, -0.2) is 0 Å². The van der Waals surface area contributed by atoms with Crippen LogP contribution < -0.4 is 0 Å². The van der Waals surface area contributed by atoms with E-state index in [1.54, 1.807) is 0 Å². The monoisotopic (exact) mass is 326 g/mol. The van der Waals surface area contributed by atoms with E-state index in [0.29, 0.717) is 12.0 Å². The molecule has 1 nitrogen and oxygen atoms in total. The van der Waals surface area contributed by atoms with Crippen LogP contribution in [0.25, 0.3) is 0 Å². The number of hydrogen-bond acceptors (Lipinski definition) is 1. The third-order valence-corrected chi connectivity index (χ3v) is 5.34. The van der Waals surface area contributed by atoms with Gasteiger partial charge in [-0.3, -0.25) is 0 Å². The smallest absolute Gasteiger partial charge is 0.0431 e. The maximum absolute atomic E-state index is 9.05. The van der Waals surface area contributed by atoms with Crippen molar-refractivity contribution in [1.29, 1.82) is 0 Å². The molecule has 0 aliphatic heterocycles. The molecule has 0 rings (SSSR count). The van der Waals surface area contributed by atoms with Crippen LogP contribution in [0.15, 0.2) is 0 Å². The largest absolute Gasteiger partial charge is 0.396 e. The van der Waals surface area contributed by atoms with Crippen molar-refractivity contribution in [1.82, 2.24) is 0 Å². The van der Waals surface area contributed by atoms with Crippen molar-refractivity contribution in [3.63, 3.8) is 0 Å². The zero-order valence-corrected chi connectivity index (χ0v) is 16.8. The second-order valence-corrected chi connectivity index (χ2v) is 8.61. The van der Waals surface area contributed by atoms with Crippen LogP contribution in [0.3, 0.4) is 0 Å². The Morgan fingerprint density at radius 3 is 1.39 bits per heavy atom. The van der Waals surface area contributed by atoms with Gasteiger partial charge < -0.3 is 5.11 Å². The van der Waals surface area contributed by atoms with Gasteiger partial charge in [0.25, 0.3) is 0 Å². The summed E-state index contributed by atoms with van der Waals surface area (Å²) in [7, 11) is 0. The Hall–Kier alpha value is -0.0400. The molecule has 1 unspecified atom stereocenters. The van der Waals surface area contributed by atoms with Gasteiger partial charge in [-0.15, -0.1) is 0 Å². The Bertz CT molecular complexity index is 229. The van der Waals surface area contributed by atoms with Crippen LogP contribution in [0.1, 0.15) is 124 Å². The van der Waals surface area contributed by atoms with Gasteiger partial charge in [-0.1, -0.05) is 105 Å². The third kappa shape index (κ3) is 15.2. The lowest BCUT2D eigenvalue weighted by Gasteiger charge is -2.31. The minimum Gasteiger partial charge on any atom is -0.396 e. The molecule has 0 heterocycles. The van der Waals surface area contributed by atoms with Crippen molar-refractivity contribution >= 4 is 0 Å². The zero-order chi connectivity index (χ0) is 17.4. The fourth-order valence-electron chi connectivity index (χ4n) is 3.58. The molecule has 0 amide bonds. The Morgan fingerprint density at radius 2 is 1.00 bits per heavy atom. The summed E-state index contributed by atoms with van der Waals surface area (Å²) in [5.74, 6) is 0.776. The van der Waals surface area contributed by atoms with Crippen molar-refractivity contribution < 1.29 is 5.11 Å². The van der Waals surface area contributed by atoms with Gasteiger partial charge in [0, 0.05) is 6.61 Å². The summed E-state index contributed by atoms with van der Waals surface area (Å²) in [4.78, 5) is 0. The van der Waals surface area contributed by atoms with E-state index in [-0.39, 0.29) is 0 Å². The first-order valence-electron chi connectivity index (χ1n) is 10.6. The molecular weight excluding hydrogens is 280 g/mol. The first-order chi connectivity index (χ1) is 11.0. The molecular formula is C22H46O. The summed E-state index contributed by atoms with van der Waals surface area (Å²) in [6, 6.07) is 0. The lowest BCUT2D eigenvalue weighted by atomic mass is 9.75. The number of hydrogen-bond donors (Lipinski definition) is 1. The minimum atomic E-state index is 0.352. The van der Waals surface area contributed by atoms with E-state index in [2.05, 4.69) is 27.7 Å². The topological polar surface area (TPSA) is 20.2 Å². The van der Waals surface area contributed by atoms with Gasteiger partial charge in [-0.05, 0) is 30.6 Å². The summed E-state index contributed by atoms with van der Waals surface area (Å²) in [5.41, 5.74) is 0.396. The van der Waals surface area contributed by atoms with Crippen molar-refractivity contribution in [3.8, 4) is 0 Å². The summed E-state index contributed by atoms with van der Waals surface area (Å²) < 4.78 is 0. The molecule has 0 bridgehead atoms. The van der Waals surface area contributed by atoms with Gasteiger partial charge in [0.15, 0.2) is 0 Å². The first kappa shape index (κ1) is 23.0. The molecule has 0 spiro atoms. The average Bonchev–Trinajstić information content (AvgIpc) is 2.50. The Labute approximate surface area is 147 Å². The minimum absolute atomic E-state index is 0.352. The summed E-state index contributed by atoms with van der Waals surface area (Å²) in [6.45, 7) is 9.71. The van der Waals surface area contributed by atoms with E-state index >= 15 is 0 Å². The lowest BCUT2D eigenvalue weighted by Crippen LogP contribution is -2.20. The summed E-state index contributed by atoms with van der Waals surface area (Å²) in [5, 5.41) is 9.05. The second kappa shape index (κ2) is 15.5. The molecule has 0 aromatic heterocycles. The molecule has 0 aliphatic carbocycles. The number of aliphatic hydroxyl groups is 1. The SMILES string of the molecule is CCCCCCCCCCCCCCC(CCCO)C(C)(C)C. The molecule has 0 aromatic carbocycles. The molecule has 0 saturated heterocycles. The molecule has 0 aromatic rings. The number of unbranched alkanes of at least 4 members (excludes halogenated alkanes) is 11. The van der Waals surface area contributed by atoms with E-state index in [0.717, 1.165) is 12.3 Å². The van der Waals surface area contributed by atoms with Crippen LogP contribution in [0, 0.1) is 11.3 Å². The summed E-state index contributed by atoms with van der Waals surface area (Å²) in [6.07, 6.45) is 20.6. The van der Waals surface area contributed by atoms with E-state index in [1.807, 2.05) is 0 Å². The quantitative estimate of drug-likeness (QED) is 0.291. The number of aliphatic hydroxyl groups excluding tert-OH is 1. The molecule has 1 N–H and O–H groups in total. The van der Waals surface area contributed by atoms with E-state index in [1.165, 1.54) is 89.9 Å². The maximum Gasteiger partial charge on any atom is 0.0431 e. The molecule has 0 fully saturated rings. The average molecular weight is 327 g/mol. The highest BCUT2D eigenvalue weighted by Gasteiger charge is 2.23. The molecule has 140 valence electrons. The van der Waals surface area contributed by atoms with Gasteiger partial charge in [0.2, 0.25) is 0 Å². The van der Waals surface area contributed by atoms with Crippen molar-refractivity contribution in [2.45, 2.75) is 124 Å². The Kier molecular flexibility index (Phi) is 15.5. The third-order valence-electron chi connectivity index (χ3n) is 5.34. The lowest BCUT2D eigenvalue weighted by molar-refractivity contribution is 0.183. The Balaban J connectivity index is 3.42. The predicted molar refractivity (Wildman–Crippen MR) is 105 cm³/mol. The predicted octanol–water partition coefficient (Wildman–Crippen LogP) is 7.51. The summed E-state index contributed by atoms with van der Waals surface area (Å²) >= 11 is 0. The fraction of sp³-hybridized carbons (Fsp3) is 1.00. The molecule has 23 heavy (non-hydrogen) atoms. The van der Waals surface area contributed by atoms with E-state index in [4.69, 9.17) is 5.11 Å². The normalized spacial score (nSPS) is 13.4. The van der Waals surface area contributed by atoms with Crippen molar-refractivity contribution in [3.05, 3.63) is 0 Å². The van der Waals surface area contributed by atoms with Gasteiger partial charge in [0.1, 0.15) is 0 Å². The Morgan fingerprint density at radius 1 is 0.609 bits per heavy atom. The highest BCUT2D eigenvalue weighted by molar-refractivity contribution is 4.74. The molecule has 0 aliphatic rings. The second-order valence-electron chi connectivity index (χ2n) is 8.61. The number of rotatable bonds is 16. The van der Waals surface area contributed by atoms with Crippen LogP contribution in [0.5, 0.6) is 0 Å². The van der Waals surface area contributed by atoms with Crippen LogP contribution in [-0.4, -0.2) is 11.7 Å². The van der Waals surface area contributed by atoms with Crippen LogP contribution >= 0.6 is 0 Å². The van der Waals surface area contributed by atoms with Crippen LogP contribution in [0.4, 0.5) is 0 Å². The highest BCUT2D eigenvalue weighted by atomic mass is 16.2. The maximum atomic E-state index is 9.05. The van der Waals surface area contributed by atoms with Gasteiger partial charge in [0.05, 0.1) is 0 Å². The van der Waals surface area contributed by atoms with Crippen molar-refractivity contribution in [2.24, 2.45) is 11.3 Å². The molecule has 1 atom stereocenters. The molecule has 1 heteroatoms. The van der Waals surface area contributed by atoms with Gasteiger partial charge >= 0.3 is 0 Å². The zero-order valence-electron chi connectivity index (χ0n) is 16.8. The standard InChI is InChI=1S/C22H46O/c1-5-6-7-8-9-10-11-12-13-14-15-16-18-21(19-17-20-23)22(2,3)4/h21,23H,5-20H2,1-4H3. The van der Waals surface area contributed by atoms with E-state index in [9.17, 15) is 0 Å². The van der Waals surface area contributed by atoms with Gasteiger partial charge in [-0.2, -0.15) is 0 Å². The fourth-order valence-corrected chi connectivity index (χ4v) is 3.58. The van der Waals surface area contributed by atoms with Crippen molar-refractivity contribution in [2.75, 3.05) is 6.61 Å².